The van der Waals surface area contributed by atoms with E-state index in [4.69, 9.17) is 0 Å². The highest BCUT2D eigenvalue weighted by atomic mass is 19.1. The maximum Gasteiger partial charge on any atom is 0.294 e. The van der Waals surface area contributed by atoms with Crippen LogP contribution >= 0.6 is 0 Å². The normalized spacial score (nSPS) is 14.1. The lowest BCUT2D eigenvalue weighted by atomic mass is 10.2. The lowest BCUT2D eigenvalue weighted by Crippen LogP contribution is -2.48. The number of carbonyl (C=O) groups is 1. The summed E-state index contributed by atoms with van der Waals surface area (Å²) in [5, 5.41) is 18.3. The third-order valence-electron chi connectivity index (χ3n) is 5.91. The Bertz CT molecular complexity index is 1290. The SMILES string of the molecule is Cc1cc(=O)c(C(=O)NCCN2CCN(c3ccc(F)cc3)CC2)nn1-c1ccccc1[N+](=O)[O-]. The van der Waals surface area contributed by atoms with Crippen LogP contribution in [0.3, 0.4) is 0 Å². The Morgan fingerprint density at radius 3 is 2.49 bits per heavy atom. The first-order valence-corrected chi connectivity index (χ1v) is 11.2. The third kappa shape index (κ3) is 5.52. The van der Waals surface area contributed by atoms with E-state index in [1.165, 1.54) is 41.1 Å². The second-order valence-electron chi connectivity index (χ2n) is 8.22. The van der Waals surface area contributed by atoms with Gasteiger partial charge in [0.15, 0.2) is 5.69 Å². The maximum absolute atomic E-state index is 13.1. The molecule has 1 saturated heterocycles. The number of rotatable bonds is 7. The Hall–Kier alpha value is -4.12. The summed E-state index contributed by atoms with van der Waals surface area (Å²) in [6.07, 6.45) is 0. The predicted molar refractivity (Wildman–Crippen MR) is 129 cm³/mol. The largest absolute Gasteiger partial charge is 0.369 e. The minimum atomic E-state index is -0.632. The molecule has 0 saturated carbocycles. The molecule has 1 N–H and O–H groups in total. The van der Waals surface area contributed by atoms with Gasteiger partial charge >= 0.3 is 0 Å². The molecule has 4 rings (SSSR count). The predicted octanol–water partition coefficient (Wildman–Crippen LogP) is 2.14. The number of nitro benzene ring substituents is 1. The van der Waals surface area contributed by atoms with Crippen molar-refractivity contribution >= 4 is 17.3 Å². The van der Waals surface area contributed by atoms with Gasteiger partial charge in [0.2, 0.25) is 5.43 Å². The van der Waals surface area contributed by atoms with Gasteiger partial charge in [-0.3, -0.25) is 24.6 Å². The number of hydrogen-bond donors (Lipinski definition) is 1. The average Bonchev–Trinajstić information content (AvgIpc) is 2.85. The number of nitro groups is 1. The Balaban J connectivity index is 1.37. The molecular weight excluding hydrogens is 455 g/mol. The summed E-state index contributed by atoms with van der Waals surface area (Å²) < 4.78 is 14.4. The first-order valence-electron chi connectivity index (χ1n) is 11.2. The van der Waals surface area contributed by atoms with Crippen LogP contribution in [-0.4, -0.2) is 64.8 Å². The van der Waals surface area contributed by atoms with Crippen LogP contribution in [-0.2, 0) is 0 Å². The number of nitrogens with one attached hydrogen (secondary N) is 1. The van der Waals surface area contributed by atoms with Crippen molar-refractivity contribution in [3.8, 4) is 5.69 Å². The fourth-order valence-corrected chi connectivity index (χ4v) is 4.04. The molecule has 1 amide bonds. The number of amides is 1. The molecule has 1 aliphatic heterocycles. The highest BCUT2D eigenvalue weighted by Gasteiger charge is 2.21. The molecule has 1 aliphatic rings. The molecule has 3 aromatic rings. The minimum Gasteiger partial charge on any atom is -0.369 e. The zero-order valence-corrected chi connectivity index (χ0v) is 19.2. The molecule has 10 nitrogen and oxygen atoms in total. The molecule has 0 unspecified atom stereocenters. The number of para-hydroxylation sites is 2. The van der Waals surface area contributed by atoms with Gasteiger partial charge in [-0.05, 0) is 37.3 Å². The van der Waals surface area contributed by atoms with E-state index in [9.17, 15) is 24.1 Å². The van der Waals surface area contributed by atoms with E-state index in [-0.39, 0.29) is 22.9 Å². The number of halogens is 1. The molecule has 182 valence electrons. The molecule has 2 heterocycles. The van der Waals surface area contributed by atoms with Gasteiger partial charge in [-0.15, -0.1) is 0 Å². The van der Waals surface area contributed by atoms with Crippen molar-refractivity contribution in [2.45, 2.75) is 6.92 Å². The van der Waals surface area contributed by atoms with Gasteiger partial charge in [0.1, 0.15) is 11.5 Å². The van der Waals surface area contributed by atoms with Crippen molar-refractivity contribution < 1.29 is 14.1 Å². The van der Waals surface area contributed by atoms with Gasteiger partial charge in [0, 0.05) is 62.8 Å². The molecule has 35 heavy (non-hydrogen) atoms. The molecular formula is C24H25FN6O4. The smallest absolute Gasteiger partial charge is 0.294 e. The van der Waals surface area contributed by atoms with Gasteiger partial charge < -0.3 is 10.2 Å². The van der Waals surface area contributed by atoms with Crippen LogP contribution in [0.4, 0.5) is 15.8 Å². The van der Waals surface area contributed by atoms with E-state index in [1.807, 2.05) is 0 Å². The Kier molecular flexibility index (Phi) is 7.16. The number of carbonyl (C=O) groups excluding carboxylic acids is 1. The monoisotopic (exact) mass is 480 g/mol. The first-order chi connectivity index (χ1) is 16.8. The summed E-state index contributed by atoms with van der Waals surface area (Å²) in [6.45, 7) is 5.61. The van der Waals surface area contributed by atoms with E-state index < -0.39 is 16.3 Å². The molecule has 0 radical (unpaired) electrons. The Morgan fingerprint density at radius 2 is 1.80 bits per heavy atom. The van der Waals surface area contributed by atoms with Crippen LogP contribution in [0.15, 0.2) is 59.4 Å². The number of anilines is 1. The summed E-state index contributed by atoms with van der Waals surface area (Å²) in [7, 11) is 0. The number of piperazine rings is 1. The number of hydrogen-bond acceptors (Lipinski definition) is 7. The first kappa shape index (κ1) is 24.0. The van der Waals surface area contributed by atoms with Crippen LogP contribution < -0.4 is 15.6 Å². The minimum absolute atomic E-state index is 0.170. The van der Waals surface area contributed by atoms with E-state index in [0.29, 0.717) is 18.8 Å². The summed E-state index contributed by atoms with van der Waals surface area (Å²) in [6, 6.07) is 13.7. The fourth-order valence-electron chi connectivity index (χ4n) is 4.04. The number of aromatic nitrogens is 2. The molecule has 2 aromatic carbocycles. The second-order valence-corrected chi connectivity index (χ2v) is 8.22. The molecule has 0 aliphatic carbocycles. The van der Waals surface area contributed by atoms with Crippen molar-refractivity contribution in [1.29, 1.82) is 0 Å². The van der Waals surface area contributed by atoms with Crippen molar-refractivity contribution in [1.82, 2.24) is 20.0 Å². The molecule has 0 spiro atoms. The Labute approximate surface area is 200 Å². The van der Waals surface area contributed by atoms with Gasteiger partial charge in [0.25, 0.3) is 11.6 Å². The molecule has 1 fully saturated rings. The molecule has 0 bridgehead atoms. The van der Waals surface area contributed by atoms with Crippen LogP contribution in [0.1, 0.15) is 16.2 Å². The molecule has 1 aromatic heterocycles. The fraction of sp³-hybridized carbons (Fsp3) is 0.292. The summed E-state index contributed by atoms with van der Waals surface area (Å²) in [5.41, 5.74) is 0.457. The van der Waals surface area contributed by atoms with Gasteiger partial charge in [-0.1, -0.05) is 12.1 Å². The van der Waals surface area contributed by atoms with Crippen LogP contribution in [0.5, 0.6) is 0 Å². The van der Waals surface area contributed by atoms with E-state index in [2.05, 4.69) is 20.2 Å². The van der Waals surface area contributed by atoms with Crippen LogP contribution in [0, 0.1) is 22.9 Å². The van der Waals surface area contributed by atoms with E-state index in [0.717, 1.165) is 31.9 Å². The number of aryl methyl sites for hydroxylation is 1. The van der Waals surface area contributed by atoms with Gasteiger partial charge in [0.05, 0.1) is 4.92 Å². The highest BCUT2D eigenvalue weighted by molar-refractivity contribution is 5.92. The standard InChI is InChI=1S/C24H25FN6O4/c1-17-16-22(32)23(27-30(17)20-4-2-3-5-21(20)31(34)35)24(33)26-10-11-28-12-14-29(15-13-28)19-8-6-18(25)7-9-19/h2-9,16H,10-15H2,1H3,(H,26,33). The number of nitrogens with zero attached hydrogens (tertiary/aromatic N) is 5. The molecule has 11 heteroatoms. The summed E-state index contributed by atoms with van der Waals surface area (Å²) in [5.74, 6) is -0.896. The van der Waals surface area contributed by atoms with Crippen LogP contribution in [0.2, 0.25) is 0 Å². The van der Waals surface area contributed by atoms with Crippen LogP contribution in [0.25, 0.3) is 5.69 Å². The quantitative estimate of drug-likeness (QED) is 0.407. The van der Waals surface area contributed by atoms with Crippen molar-refractivity contribution in [3.05, 3.63) is 92.1 Å². The van der Waals surface area contributed by atoms with Gasteiger partial charge in [-0.2, -0.15) is 5.10 Å². The highest BCUT2D eigenvalue weighted by Crippen LogP contribution is 2.22. The maximum atomic E-state index is 13.1. The topological polar surface area (TPSA) is 114 Å². The molecule has 0 atom stereocenters. The van der Waals surface area contributed by atoms with Gasteiger partial charge in [-0.25, -0.2) is 9.07 Å². The second kappa shape index (κ2) is 10.4. The summed E-state index contributed by atoms with van der Waals surface area (Å²) >= 11 is 0. The lowest BCUT2D eigenvalue weighted by Gasteiger charge is -2.36. The van der Waals surface area contributed by atoms with Crippen molar-refractivity contribution in [2.24, 2.45) is 0 Å². The van der Waals surface area contributed by atoms with E-state index >= 15 is 0 Å². The zero-order valence-electron chi connectivity index (χ0n) is 19.2. The summed E-state index contributed by atoms with van der Waals surface area (Å²) in [4.78, 5) is 40.4. The lowest BCUT2D eigenvalue weighted by molar-refractivity contribution is -0.384. The average molecular weight is 481 g/mol. The van der Waals surface area contributed by atoms with Crippen molar-refractivity contribution in [3.63, 3.8) is 0 Å². The van der Waals surface area contributed by atoms with Crippen molar-refractivity contribution in [2.75, 3.05) is 44.2 Å². The Morgan fingerprint density at radius 1 is 1.11 bits per heavy atom. The van der Waals surface area contributed by atoms with E-state index in [1.54, 1.807) is 25.1 Å². The number of benzene rings is 2. The zero-order chi connectivity index (χ0) is 24.9. The third-order valence-corrected chi connectivity index (χ3v) is 5.91.